The van der Waals surface area contributed by atoms with Gasteiger partial charge in [-0.25, -0.2) is 8.78 Å². The van der Waals surface area contributed by atoms with Gasteiger partial charge in [0, 0.05) is 16.1 Å². The van der Waals surface area contributed by atoms with Gasteiger partial charge in [-0.05, 0) is 29.8 Å². The Morgan fingerprint density at radius 3 is 1.86 bits per heavy atom. The molecular weight excluding hydrogens is 344 g/mol. The summed E-state index contributed by atoms with van der Waals surface area (Å²) in [6.07, 6.45) is 0. The van der Waals surface area contributed by atoms with Gasteiger partial charge in [-0.2, -0.15) is 0 Å². The molecule has 0 amide bonds. The molecule has 1 atom stereocenters. The van der Waals surface area contributed by atoms with Gasteiger partial charge in [0.2, 0.25) is 0 Å². The first-order valence-electron chi connectivity index (χ1n) is 6.09. The maximum Gasteiger partial charge on any atom is 0.132 e. The van der Waals surface area contributed by atoms with Crippen LogP contribution < -0.4 is 15.2 Å². The fourth-order valence-corrected chi connectivity index (χ4v) is 2.43. The van der Waals surface area contributed by atoms with Gasteiger partial charge in [-0.3, -0.25) is 0 Å². The average molecular weight is 358 g/mol. The molecule has 0 aliphatic rings. The summed E-state index contributed by atoms with van der Waals surface area (Å²) in [6, 6.07) is 6.28. The normalized spacial score (nSPS) is 12.1. The van der Waals surface area contributed by atoms with Crippen LogP contribution in [-0.4, -0.2) is 14.2 Å². The first-order valence-corrected chi connectivity index (χ1v) is 6.88. The molecule has 2 N–H and O–H groups in total. The van der Waals surface area contributed by atoms with E-state index in [2.05, 4.69) is 15.9 Å². The molecular formula is C15H14BrF2NO2. The van der Waals surface area contributed by atoms with Gasteiger partial charge in [0.15, 0.2) is 0 Å². The Labute approximate surface area is 129 Å². The Morgan fingerprint density at radius 2 is 1.43 bits per heavy atom. The van der Waals surface area contributed by atoms with Crippen LogP contribution >= 0.6 is 15.9 Å². The predicted octanol–water partition coefficient (Wildman–Crippen LogP) is 3.79. The second kappa shape index (κ2) is 6.41. The highest BCUT2D eigenvalue weighted by Gasteiger charge is 2.20. The zero-order valence-electron chi connectivity index (χ0n) is 11.5. The quantitative estimate of drug-likeness (QED) is 0.905. The number of benzene rings is 2. The SMILES string of the molecule is COc1cc(OC)cc(C(N)c2c(F)cc(Br)cc2F)c1. The van der Waals surface area contributed by atoms with E-state index in [4.69, 9.17) is 15.2 Å². The summed E-state index contributed by atoms with van der Waals surface area (Å²) in [5.41, 5.74) is 6.30. The Kier molecular flexibility index (Phi) is 4.80. The second-order valence-corrected chi connectivity index (χ2v) is 5.32. The minimum Gasteiger partial charge on any atom is -0.497 e. The molecule has 2 rings (SSSR count). The molecule has 2 aromatic rings. The van der Waals surface area contributed by atoms with E-state index >= 15 is 0 Å². The molecule has 112 valence electrons. The smallest absolute Gasteiger partial charge is 0.132 e. The zero-order chi connectivity index (χ0) is 15.6. The molecule has 3 nitrogen and oxygen atoms in total. The summed E-state index contributed by atoms with van der Waals surface area (Å²) in [7, 11) is 2.98. The Bertz CT molecular complexity index is 619. The Hall–Kier alpha value is -1.66. The van der Waals surface area contributed by atoms with Crippen molar-refractivity contribution in [2.45, 2.75) is 6.04 Å². The molecule has 1 unspecified atom stereocenters. The first-order chi connectivity index (χ1) is 9.96. The average Bonchev–Trinajstić information content (AvgIpc) is 2.45. The van der Waals surface area contributed by atoms with Crippen LogP contribution in [0.2, 0.25) is 0 Å². The van der Waals surface area contributed by atoms with Crippen LogP contribution in [0.15, 0.2) is 34.8 Å². The molecule has 2 aromatic carbocycles. The van der Waals surface area contributed by atoms with Gasteiger partial charge in [0.25, 0.3) is 0 Å². The van der Waals surface area contributed by atoms with Crippen LogP contribution in [0.4, 0.5) is 8.78 Å². The minimum atomic E-state index is -0.970. The van der Waals surface area contributed by atoms with Crippen molar-refractivity contribution in [3.8, 4) is 11.5 Å². The molecule has 21 heavy (non-hydrogen) atoms. The zero-order valence-corrected chi connectivity index (χ0v) is 13.1. The summed E-state index contributed by atoms with van der Waals surface area (Å²) in [6.45, 7) is 0. The van der Waals surface area contributed by atoms with Crippen molar-refractivity contribution in [3.63, 3.8) is 0 Å². The fraction of sp³-hybridized carbons (Fsp3) is 0.200. The summed E-state index contributed by atoms with van der Waals surface area (Å²) in [5, 5.41) is 0. The number of nitrogens with two attached hydrogens (primary N) is 1. The van der Waals surface area contributed by atoms with E-state index in [9.17, 15) is 8.78 Å². The third kappa shape index (κ3) is 3.33. The van der Waals surface area contributed by atoms with Crippen LogP contribution in [0.3, 0.4) is 0 Å². The lowest BCUT2D eigenvalue weighted by molar-refractivity contribution is 0.393. The standard InChI is InChI=1S/C15H14BrF2NO2/c1-20-10-3-8(4-11(7-10)21-2)15(19)14-12(17)5-9(16)6-13(14)18/h3-7,15H,19H2,1-2H3. The molecule has 0 bridgehead atoms. The third-order valence-electron chi connectivity index (χ3n) is 3.09. The van der Waals surface area contributed by atoms with Crippen molar-refractivity contribution in [3.05, 3.63) is 57.6 Å². The maximum atomic E-state index is 14.0. The van der Waals surface area contributed by atoms with Crippen LogP contribution in [0.5, 0.6) is 11.5 Å². The molecule has 0 saturated heterocycles. The van der Waals surface area contributed by atoms with E-state index in [0.29, 0.717) is 21.5 Å². The van der Waals surface area contributed by atoms with Crippen LogP contribution in [0.25, 0.3) is 0 Å². The third-order valence-corrected chi connectivity index (χ3v) is 3.55. The molecule has 0 fully saturated rings. The van der Waals surface area contributed by atoms with Crippen molar-refractivity contribution in [2.75, 3.05) is 14.2 Å². The van der Waals surface area contributed by atoms with Crippen LogP contribution in [-0.2, 0) is 0 Å². The lowest BCUT2D eigenvalue weighted by Crippen LogP contribution is -2.16. The highest BCUT2D eigenvalue weighted by Crippen LogP contribution is 2.32. The molecule has 0 saturated carbocycles. The number of hydrogen-bond donors (Lipinski definition) is 1. The van der Waals surface area contributed by atoms with E-state index in [1.54, 1.807) is 18.2 Å². The topological polar surface area (TPSA) is 44.5 Å². The lowest BCUT2D eigenvalue weighted by Gasteiger charge is -2.17. The fourth-order valence-electron chi connectivity index (χ4n) is 2.03. The van der Waals surface area contributed by atoms with Gasteiger partial charge < -0.3 is 15.2 Å². The van der Waals surface area contributed by atoms with E-state index in [0.717, 1.165) is 0 Å². The molecule has 0 aromatic heterocycles. The van der Waals surface area contributed by atoms with E-state index in [1.807, 2.05) is 0 Å². The molecule has 0 aliphatic heterocycles. The first kappa shape index (κ1) is 15.7. The number of rotatable bonds is 4. The van der Waals surface area contributed by atoms with Gasteiger partial charge >= 0.3 is 0 Å². The van der Waals surface area contributed by atoms with Crippen LogP contribution in [0.1, 0.15) is 17.2 Å². The van der Waals surface area contributed by atoms with Gasteiger partial charge in [-0.1, -0.05) is 15.9 Å². The van der Waals surface area contributed by atoms with E-state index in [-0.39, 0.29) is 5.56 Å². The highest BCUT2D eigenvalue weighted by atomic mass is 79.9. The second-order valence-electron chi connectivity index (χ2n) is 4.41. The maximum absolute atomic E-state index is 14.0. The largest absolute Gasteiger partial charge is 0.497 e. The predicted molar refractivity (Wildman–Crippen MR) is 79.6 cm³/mol. The molecule has 6 heteroatoms. The van der Waals surface area contributed by atoms with Gasteiger partial charge in [-0.15, -0.1) is 0 Å². The van der Waals surface area contributed by atoms with Gasteiger partial charge in [0.1, 0.15) is 23.1 Å². The molecule has 0 radical (unpaired) electrons. The monoisotopic (exact) mass is 357 g/mol. The van der Waals surface area contributed by atoms with Gasteiger partial charge in [0.05, 0.1) is 20.3 Å². The Balaban J connectivity index is 2.52. The van der Waals surface area contributed by atoms with Crippen molar-refractivity contribution in [2.24, 2.45) is 5.73 Å². The van der Waals surface area contributed by atoms with Crippen LogP contribution in [0, 0.1) is 11.6 Å². The Morgan fingerprint density at radius 1 is 0.952 bits per heavy atom. The van der Waals surface area contributed by atoms with E-state index < -0.39 is 17.7 Å². The molecule has 0 aliphatic carbocycles. The lowest BCUT2D eigenvalue weighted by atomic mass is 9.98. The molecule has 0 heterocycles. The highest BCUT2D eigenvalue weighted by molar-refractivity contribution is 9.10. The summed E-state index contributed by atoms with van der Waals surface area (Å²) in [5.74, 6) is -0.428. The number of ether oxygens (including phenoxy) is 2. The summed E-state index contributed by atoms with van der Waals surface area (Å²) >= 11 is 3.04. The van der Waals surface area contributed by atoms with Crippen molar-refractivity contribution < 1.29 is 18.3 Å². The minimum absolute atomic E-state index is 0.200. The van der Waals surface area contributed by atoms with Crippen molar-refractivity contribution >= 4 is 15.9 Å². The van der Waals surface area contributed by atoms with Crippen molar-refractivity contribution in [1.82, 2.24) is 0 Å². The number of hydrogen-bond acceptors (Lipinski definition) is 3. The number of halogens is 3. The number of methoxy groups -OCH3 is 2. The van der Waals surface area contributed by atoms with E-state index in [1.165, 1.54) is 26.4 Å². The molecule has 0 spiro atoms. The summed E-state index contributed by atoms with van der Waals surface area (Å²) < 4.78 is 38.6. The summed E-state index contributed by atoms with van der Waals surface area (Å²) in [4.78, 5) is 0. The van der Waals surface area contributed by atoms with Crippen molar-refractivity contribution in [1.29, 1.82) is 0 Å².